The predicted molar refractivity (Wildman–Crippen MR) is 95.7 cm³/mol. The minimum absolute atomic E-state index is 0.168. The van der Waals surface area contributed by atoms with E-state index in [0.717, 1.165) is 0 Å². The fourth-order valence-electron chi connectivity index (χ4n) is 2.12. The van der Waals surface area contributed by atoms with E-state index in [1.807, 2.05) is 0 Å². The van der Waals surface area contributed by atoms with Gasteiger partial charge in [0.05, 0.1) is 11.6 Å². The Morgan fingerprint density at radius 3 is 2.65 bits per heavy atom. The Morgan fingerprint density at radius 1 is 1.15 bits per heavy atom. The lowest BCUT2D eigenvalue weighted by Crippen LogP contribution is -2.28. The standard InChI is InChI=1S/C18H13Cl2FN2O3/c19-12-3-6-16(15(20)7-12)25-10-18(24)22-9-14-8-17(26-23-14)11-1-4-13(21)5-2-11/h1-8H,9-10H2,(H,22,24). The van der Waals surface area contributed by atoms with Crippen molar-refractivity contribution >= 4 is 29.1 Å². The number of halogens is 3. The third-order valence-electron chi connectivity index (χ3n) is 3.41. The van der Waals surface area contributed by atoms with E-state index in [9.17, 15) is 9.18 Å². The Balaban J connectivity index is 1.51. The second kappa shape index (κ2) is 8.21. The normalized spacial score (nSPS) is 10.6. The van der Waals surface area contributed by atoms with Gasteiger partial charge in [-0.15, -0.1) is 0 Å². The number of rotatable bonds is 6. The molecule has 0 spiro atoms. The summed E-state index contributed by atoms with van der Waals surface area (Å²) in [6.07, 6.45) is 0. The van der Waals surface area contributed by atoms with Crippen LogP contribution in [0.2, 0.25) is 10.0 Å². The van der Waals surface area contributed by atoms with Crippen LogP contribution in [0.1, 0.15) is 5.69 Å². The predicted octanol–water partition coefficient (Wildman–Crippen LogP) is 4.48. The van der Waals surface area contributed by atoms with Gasteiger partial charge in [0.1, 0.15) is 17.3 Å². The van der Waals surface area contributed by atoms with E-state index in [-0.39, 0.29) is 24.9 Å². The summed E-state index contributed by atoms with van der Waals surface area (Å²) >= 11 is 11.8. The van der Waals surface area contributed by atoms with Gasteiger partial charge in [0.15, 0.2) is 12.4 Å². The lowest BCUT2D eigenvalue weighted by molar-refractivity contribution is -0.123. The van der Waals surface area contributed by atoms with Crippen LogP contribution in [0.5, 0.6) is 5.75 Å². The molecule has 0 fully saturated rings. The summed E-state index contributed by atoms with van der Waals surface area (Å²) in [6.45, 7) is -0.0364. The molecule has 0 saturated carbocycles. The molecule has 1 N–H and O–H groups in total. The number of carbonyl (C=O) groups is 1. The van der Waals surface area contributed by atoms with Gasteiger partial charge in [-0.2, -0.15) is 0 Å². The maximum absolute atomic E-state index is 12.9. The van der Waals surface area contributed by atoms with Crippen molar-refractivity contribution < 1.29 is 18.4 Å². The fourth-order valence-corrected chi connectivity index (χ4v) is 2.58. The maximum atomic E-state index is 12.9. The zero-order valence-corrected chi connectivity index (χ0v) is 14.9. The summed E-state index contributed by atoms with van der Waals surface area (Å²) in [7, 11) is 0. The van der Waals surface area contributed by atoms with Gasteiger partial charge in [0, 0.05) is 16.7 Å². The molecule has 0 aliphatic rings. The minimum atomic E-state index is -0.345. The molecular weight excluding hydrogens is 382 g/mol. The van der Waals surface area contributed by atoms with Crippen LogP contribution in [0, 0.1) is 5.82 Å². The van der Waals surface area contributed by atoms with E-state index in [4.69, 9.17) is 32.5 Å². The largest absolute Gasteiger partial charge is 0.482 e. The Bertz CT molecular complexity index is 913. The number of hydrogen-bond donors (Lipinski definition) is 1. The number of nitrogens with one attached hydrogen (secondary N) is 1. The Morgan fingerprint density at radius 2 is 1.92 bits per heavy atom. The first kappa shape index (κ1) is 18.2. The highest BCUT2D eigenvalue weighted by Gasteiger charge is 2.10. The molecule has 0 saturated heterocycles. The second-order valence-corrected chi connectivity index (χ2v) is 6.17. The second-order valence-electron chi connectivity index (χ2n) is 5.33. The van der Waals surface area contributed by atoms with Gasteiger partial charge in [-0.25, -0.2) is 4.39 Å². The highest BCUT2D eigenvalue weighted by molar-refractivity contribution is 6.35. The van der Waals surface area contributed by atoms with Crippen LogP contribution in [-0.2, 0) is 11.3 Å². The first-order chi connectivity index (χ1) is 12.5. The Kier molecular flexibility index (Phi) is 5.75. The number of benzene rings is 2. The van der Waals surface area contributed by atoms with Crippen LogP contribution in [-0.4, -0.2) is 17.7 Å². The molecule has 26 heavy (non-hydrogen) atoms. The molecule has 3 rings (SSSR count). The molecular formula is C18H13Cl2FN2O3. The van der Waals surface area contributed by atoms with Gasteiger partial charge in [-0.1, -0.05) is 28.4 Å². The number of amides is 1. The topological polar surface area (TPSA) is 64.4 Å². The molecule has 8 heteroatoms. The van der Waals surface area contributed by atoms with Crippen LogP contribution in [0.3, 0.4) is 0 Å². The number of hydrogen-bond acceptors (Lipinski definition) is 4. The van der Waals surface area contributed by atoms with Crippen molar-refractivity contribution in [2.75, 3.05) is 6.61 Å². The van der Waals surface area contributed by atoms with Gasteiger partial charge < -0.3 is 14.6 Å². The van der Waals surface area contributed by atoms with Gasteiger partial charge in [-0.3, -0.25) is 4.79 Å². The van der Waals surface area contributed by atoms with E-state index in [1.54, 1.807) is 30.3 Å². The van der Waals surface area contributed by atoms with Gasteiger partial charge in [-0.05, 0) is 42.5 Å². The van der Waals surface area contributed by atoms with Crippen LogP contribution in [0.15, 0.2) is 53.1 Å². The summed E-state index contributed by atoms with van der Waals surface area (Å²) in [5, 5.41) is 7.33. The molecule has 0 aliphatic heterocycles. The van der Waals surface area contributed by atoms with Crippen molar-refractivity contribution in [1.82, 2.24) is 10.5 Å². The molecule has 0 radical (unpaired) electrons. The van der Waals surface area contributed by atoms with E-state index in [1.165, 1.54) is 18.2 Å². The maximum Gasteiger partial charge on any atom is 0.258 e. The third kappa shape index (κ3) is 4.74. The lowest BCUT2D eigenvalue weighted by atomic mass is 10.1. The Labute approximate surface area is 158 Å². The molecule has 3 aromatic rings. The third-order valence-corrected chi connectivity index (χ3v) is 3.94. The van der Waals surface area contributed by atoms with Crippen molar-refractivity contribution in [2.24, 2.45) is 0 Å². The smallest absolute Gasteiger partial charge is 0.258 e. The van der Waals surface area contributed by atoms with Crippen LogP contribution in [0.4, 0.5) is 4.39 Å². The van der Waals surface area contributed by atoms with Gasteiger partial charge in [0.2, 0.25) is 0 Å². The lowest BCUT2D eigenvalue weighted by Gasteiger charge is -2.08. The van der Waals surface area contributed by atoms with Crippen LogP contribution in [0.25, 0.3) is 11.3 Å². The summed E-state index contributed by atoms with van der Waals surface area (Å²) in [4.78, 5) is 11.9. The first-order valence-electron chi connectivity index (χ1n) is 7.57. The summed E-state index contributed by atoms with van der Waals surface area (Å²) < 4.78 is 23.5. The molecule has 0 atom stereocenters. The molecule has 1 aromatic heterocycles. The highest BCUT2D eigenvalue weighted by atomic mass is 35.5. The van der Waals surface area contributed by atoms with Crippen LogP contribution >= 0.6 is 23.2 Å². The number of carbonyl (C=O) groups excluding carboxylic acids is 1. The zero-order valence-electron chi connectivity index (χ0n) is 13.3. The quantitative estimate of drug-likeness (QED) is 0.669. The molecule has 0 bridgehead atoms. The Hall–Kier alpha value is -2.57. The van der Waals surface area contributed by atoms with E-state index < -0.39 is 0 Å². The average molecular weight is 395 g/mol. The van der Waals surface area contributed by atoms with Crippen molar-refractivity contribution in [3.63, 3.8) is 0 Å². The molecule has 1 heterocycles. The summed E-state index contributed by atoms with van der Waals surface area (Å²) in [6, 6.07) is 12.2. The minimum Gasteiger partial charge on any atom is -0.482 e. The van der Waals surface area contributed by atoms with Crippen molar-refractivity contribution in [3.05, 3.63) is 70.1 Å². The van der Waals surface area contributed by atoms with E-state index in [0.29, 0.717) is 32.8 Å². The van der Waals surface area contributed by atoms with Gasteiger partial charge >= 0.3 is 0 Å². The average Bonchev–Trinajstić information content (AvgIpc) is 3.09. The fraction of sp³-hybridized carbons (Fsp3) is 0.111. The SMILES string of the molecule is O=C(COc1ccc(Cl)cc1Cl)NCc1cc(-c2ccc(F)cc2)on1. The molecule has 0 unspecified atom stereocenters. The van der Waals surface area contributed by atoms with E-state index >= 15 is 0 Å². The monoisotopic (exact) mass is 394 g/mol. The highest BCUT2D eigenvalue weighted by Crippen LogP contribution is 2.27. The van der Waals surface area contributed by atoms with Crippen molar-refractivity contribution in [3.8, 4) is 17.1 Å². The van der Waals surface area contributed by atoms with Crippen molar-refractivity contribution in [1.29, 1.82) is 0 Å². The zero-order chi connectivity index (χ0) is 18.5. The summed E-state index contributed by atoms with van der Waals surface area (Å²) in [5.41, 5.74) is 1.22. The molecule has 5 nitrogen and oxygen atoms in total. The molecule has 134 valence electrons. The van der Waals surface area contributed by atoms with Gasteiger partial charge in [0.25, 0.3) is 5.91 Å². The summed E-state index contributed by atoms with van der Waals surface area (Å²) in [5.74, 6) is 0.175. The van der Waals surface area contributed by atoms with Crippen molar-refractivity contribution in [2.45, 2.75) is 6.54 Å². The molecule has 1 amide bonds. The number of ether oxygens (including phenoxy) is 1. The van der Waals surface area contributed by atoms with E-state index in [2.05, 4.69) is 10.5 Å². The number of nitrogens with zero attached hydrogens (tertiary/aromatic N) is 1. The molecule has 2 aromatic carbocycles. The first-order valence-corrected chi connectivity index (χ1v) is 8.33. The molecule has 0 aliphatic carbocycles. The van der Waals surface area contributed by atoms with Crippen LogP contribution < -0.4 is 10.1 Å². The number of aromatic nitrogens is 1.